The average Bonchev–Trinajstić information content (AvgIpc) is 2.34. The monoisotopic (exact) mass is 278 g/mol. The van der Waals surface area contributed by atoms with Gasteiger partial charge in [0, 0.05) is 13.2 Å². The minimum absolute atomic E-state index is 0.254. The second-order valence-corrected chi connectivity index (χ2v) is 6.69. The molecule has 0 spiro atoms. The second-order valence-electron chi connectivity index (χ2n) is 4.84. The molecule has 1 fully saturated rings. The molecular weight excluding hydrogens is 252 g/mol. The molecule has 0 aromatic heterocycles. The summed E-state index contributed by atoms with van der Waals surface area (Å²) in [7, 11) is -3.13. The predicted octanol–water partition coefficient (Wildman–Crippen LogP) is 0.722. The van der Waals surface area contributed by atoms with Crippen LogP contribution in [0.4, 0.5) is 0 Å². The fourth-order valence-electron chi connectivity index (χ4n) is 2.04. The van der Waals surface area contributed by atoms with Crippen molar-refractivity contribution in [3.8, 4) is 0 Å². The molecule has 108 valence electrons. The van der Waals surface area contributed by atoms with Crippen LogP contribution >= 0.6 is 0 Å². The Morgan fingerprint density at radius 3 is 2.67 bits per heavy atom. The molecule has 6 heteroatoms. The molecule has 1 rings (SSSR count). The van der Waals surface area contributed by atoms with Crippen LogP contribution < -0.4 is 10.0 Å². The first kappa shape index (κ1) is 15.9. The number of ether oxygens (including phenoxy) is 1. The molecule has 0 amide bonds. The van der Waals surface area contributed by atoms with E-state index in [4.69, 9.17) is 4.74 Å². The largest absolute Gasteiger partial charge is 0.380 e. The standard InChI is InChI=1S/C12H26N2O3S/c1-2-3-9-17-10-8-14-18(15,16)11-12-4-6-13-7-5-12/h12-14H,2-11H2,1H3. The van der Waals surface area contributed by atoms with Crippen LogP contribution in [0.3, 0.4) is 0 Å². The van der Waals surface area contributed by atoms with Crippen LogP contribution in [0, 0.1) is 5.92 Å². The second kappa shape index (κ2) is 8.85. The molecule has 0 aromatic carbocycles. The van der Waals surface area contributed by atoms with E-state index < -0.39 is 10.0 Å². The molecule has 0 aromatic rings. The summed E-state index contributed by atoms with van der Waals surface area (Å²) in [5.41, 5.74) is 0. The summed E-state index contributed by atoms with van der Waals surface area (Å²) in [4.78, 5) is 0. The van der Waals surface area contributed by atoms with Crippen LogP contribution in [-0.4, -0.2) is 47.0 Å². The molecule has 1 heterocycles. The Morgan fingerprint density at radius 1 is 1.28 bits per heavy atom. The lowest BCUT2D eigenvalue weighted by atomic mass is 10.0. The fourth-order valence-corrected chi connectivity index (χ4v) is 3.50. The topological polar surface area (TPSA) is 67.4 Å². The molecule has 1 aliphatic heterocycles. The van der Waals surface area contributed by atoms with Gasteiger partial charge in [-0.3, -0.25) is 0 Å². The van der Waals surface area contributed by atoms with E-state index in [-0.39, 0.29) is 5.75 Å². The van der Waals surface area contributed by atoms with E-state index in [1.54, 1.807) is 0 Å². The Morgan fingerprint density at radius 2 is 2.00 bits per heavy atom. The maximum atomic E-state index is 11.8. The van der Waals surface area contributed by atoms with Crippen molar-refractivity contribution in [2.45, 2.75) is 32.6 Å². The Bertz CT molecular complexity index is 300. The van der Waals surface area contributed by atoms with Crippen molar-refractivity contribution in [1.29, 1.82) is 0 Å². The van der Waals surface area contributed by atoms with Gasteiger partial charge in [-0.2, -0.15) is 0 Å². The number of rotatable bonds is 9. The van der Waals surface area contributed by atoms with Gasteiger partial charge in [-0.25, -0.2) is 13.1 Å². The first-order valence-electron chi connectivity index (χ1n) is 6.90. The van der Waals surface area contributed by atoms with Gasteiger partial charge in [0.1, 0.15) is 0 Å². The smallest absolute Gasteiger partial charge is 0.211 e. The number of unbranched alkanes of at least 4 members (excludes halogenated alkanes) is 1. The third kappa shape index (κ3) is 7.31. The molecule has 2 N–H and O–H groups in total. The van der Waals surface area contributed by atoms with E-state index in [0.717, 1.165) is 38.8 Å². The highest BCUT2D eigenvalue weighted by Crippen LogP contribution is 2.13. The first-order valence-corrected chi connectivity index (χ1v) is 8.55. The van der Waals surface area contributed by atoms with Crippen LogP contribution in [0.1, 0.15) is 32.6 Å². The van der Waals surface area contributed by atoms with Crippen LogP contribution in [0.5, 0.6) is 0 Å². The van der Waals surface area contributed by atoms with Gasteiger partial charge in [0.05, 0.1) is 12.4 Å². The lowest BCUT2D eigenvalue weighted by Gasteiger charge is -2.22. The van der Waals surface area contributed by atoms with Gasteiger partial charge in [0.15, 0.2) is 0 Å². The van der Waals surface area contributed by atoms with E-state index in [1.165, 1.54) is 0 Å². The summed E-state index contributed by atoms with van der Waals surface area (Å²) in [6.07, 6.45) is 4.03. The van der Waals surface area contributed by atoms with Gasteiger partial charge in [0.2, 0.25) is 10.0 Å². The molecule has 0 unspecified atom stereocenters. The van der Waals surface area contributed by atoms with E-state index in [2.05, 4.69) is 17.0 Å². The zero-order valence-electron chi connectivity index (χ0n) is 11.3. The molecular formula is C12H26N2O3S. The number of nitrogens with one attached hydrogen (secondary N) is 2. The Labute approximate surface area is 111 Å². The minimum atomic E-state index is -3.13. The normalized spacial score (nSPS) is 18.1. The lowest BCUT2D eigenvalue weighted by Crippen LogP contribution is -2.36. The van der Waals surface area contributed by atoms with Crippen molar-refractivity contribution in [2.24, 2.45) is 5.92 Å². The van der Waals surface area contributed by atoms with E-state index >= 15 is 0 Å². The van der Waals surface area contributed by atoms with Crippen molar-refractivity contribution in [1.82, 2.24) is 10.0 Å². The molecule has 5 nitrogen and oxygen atoms in total. The zero-order chi connectivity index (χ0) is 13.3. The maximum absolute atomic E-state index is 11.8. The number of hydrogen-bond acceptors (Lipinski definition) is 4. The third-order valence-corrected chi connectivity index (χ3v) is 4.68. The maximum Gasteiger partial charge on any atom is 0.211 e. The van der Waals surface area contributed by atoms with Crippen LogP contribution in [0.15, 0.2) is 0 Å². The van der Waals surface area contributed by atoms with Gasteiger partial charge in [-0.05, 0) is 38.3 Å². The van der Waals surface area contributed by atoms with Crippen molar-refractivity contribution in [2.75, 3.05) is 38.6 Å². The van der Waals surface area contributed by atoms with E-state index in [1.807, 2.05) is 0 Å². The molecule has 0 atom stereocenters. The minimum Gasteiger partial charge on any atom is -0.380 e. The van der Waals surface area contributed by atoms with E-state index in [9.17, 15) is 8.42 Å². The quantitative estimate of drug-likeness (QED) is 0.610. The number of sulfonamides is 1. The molecule has 1 aliphatic rings. The molecule has 0 bridgehead atoms. The summed E-state index contributed by atoms with van der Waals surface area (Å²) < 4.78 is 31.5. The lowest BCUT2D eigenvalue weighted by molar-refractivity contribution is 0.136. The summed E-state index contributed by atoms with van der Waals surface area (Å²) in [6.45, 7) is 5.53. The molecule has 1 saturated heterocycles. The predicted molar refractivity (Wildman–Crippen MR) is 73.1 cm³/mol. The van der Waals surface area contributed by atoms with Gasteiger partial charge >= 0.3 is 0 Å². The first-order chi connectivity index (χ1) is 8.64. The summed E-state index contributed by atoms with van der Waals surface area (Å²) in [6, 6.07) is 0. The molecule has 0 saturated carbocycles. The van der Waals surface area contributed by atoms with Crippen LogP contribution in [-0.2, 0) is 14.8 Å². The van der Waals surface area contributed by atoms with Crippen molar-refractivity contribution < 1.29 is 13.2 Å². The van der Waals surface area contributed by atoms with Crippen LogP contribution in [0.2, 0.25) is 0 Å². The number of hydrogen-bond donors (Lipinski definition) is 2. The molecule has 0 radical (unpaired) electrons. The van der Waals surface area contributed by atoms with Gasteiger partial charge in [-0.1, -0.05) is 13.3 Å². The average molecular weight is 278 g/mol. The van der Waals surface area contributed by atoms with Crippen molar-refractivity contribution in [3.63, 3.8) is 0 Å². The molecule has 0 aliphatic carbocycles. The third-order valence-electron chi connectivity index (χ3n) is 3.12. The molecule has 18 heavy (non-hydrogen) atoms. The van der Waals surface area contributed by atoms with Crippen LogP contribution in [0.25, 0.3) is 0 Å². The van der Waals surface area contributed by atoms with Crippen molar-refractivity contribution >= 4 is 10.0 Å². The Hall–Kier alpha value is -0.170. The summed E-state index contributed by atoms with van der Waals surface area (Å²) >= 11 is 0. The number of piperidine rings is 1. The van der Waals surface area contributed by atoms with Crippen molar-refractivity contribution in [3.05, 3.63) is 0 Å². The summed E-state index contributed by atoms with van der Waals surface area (Å²) in [5, 5.41) is 3.24. The van der Waals surface area contributed by atoms with Gasteiger partial charge < -0.3 is 10.1 Å². The Balaban J connectivity index is 2.11. The highest BCUT2D eigenvalue weighted by atomic mass is 32.2. The zero-order valence-corrected chi connectivity index (χ0v) is 12.1. The highest BCUT2D eigenvalue weighted by molar-refractivity contribution is 7.89. The SMILES string of the molecule is CCCCOCCNS(=O)(=O)CC1CCNCC1. The summed E-state index contributed by atoms with van der Waals surface area (Å²) in [5.74, 6) is 0.550. The van der Waals surface area contributed by atoms with Gasteiger partial charge in [-0.15, -0.1) is 0 Å². The Kier molecular flexibility index (Phi) is 7.81. The highest BCUT2D eigenvalue weighted by Gasteiger charge is 2.20. The fraction of sp³-hybridized carbons (Fsp3) is 1.00. The van der Waals surface area contributed by atoms with E-state index in [0.29, 0.717) is 25.7 Å². The van der Waals surface area contributed by atoms with Gasteiger partial charge in [0.25, 0.3) is 0 Å².